The molecule has 0 radical (unpaired) electrons. The fourth-order valence-corrected chi connectivity index (χ4v) is 2.78. The zero-order chi connectivity index (χ0) is 17.8. The molecule has 0 unspecified atom stereocenters. The topological polar surface area (TPSA) is 88.7 Å². The van der Waals surface area contributed by atoms with Gasteiger partial charge < -0.3 is 14.2 Å². The summed E-state index contributed by atoms with van der Waals surface area (Å²) in [6.45, 7) is 4.18. The van der Waals surface area contributed by atoms with Crippen LogP contribution in [0.5, 0.6) is 0 Å². The summed E-state index contributed by atoms with van der Waals surface area (Å²) in [5.74, 6) is -0.323. The summed E-state index contributed by atoms with van der Waals surface area (Å²) in [6.07, 6.45) is 3.64. The molecule has 0 saturated carbocycles. The molecule has 0 aliphatic carbocycles. The van der Waals surface area contributed by atoms with Crippen LogP contribution >= 0.6 is 0 Å². The Balaban J connectivity index is 1.64. The number of furan rings is 1. The SMILES string of the molecule is CCCn1nc(C(=O)N2CCN(C(=O)c3ccoc3)CC2)ccc1=O. The second-order valence-electron chi connectivity index (χ2n) is 5.88. The Morgan fingerprint density at radius 2 is 1.76 bits per heavy atom. The molecule has 0 atom stereocenters. The van der Waals surface area contributed by atoms with E-state index in [0.29, 0.717) is 38.3 Å². The van der Waals surface area contributed by atoms with Crippen LogP contribution in [0, 0.1) is 0 Å². The Morgan fingerprint density at radius 3 is 2.36 bits per heavy atom. The van der Waals surface area contributed by atoms with E-state index < -0.39 is 0 Å². The average molecular weight is 344 g/mol. The van der Waals surface area contributed by atoms with Gasteiger partial charge in [-0.05, 0) is 18.6 Å². The zero-order valence-corrected chi connectivity index (χ0v) is 14.1. The number of carbonyl (C=O) groups is 2. The highest BCUT2D eigenvalue weighted by Crippen LogP contribution is 2.11. The first-order valence-electron chi connectivity index (χ1n) is 8.29. The van der Waals surface area contributed by atoms with E-state index in [4.69, 9.17) is 4.42 Å². The summed E-state index contributed by atoms with van der Waals surface area (Å²) < 4.78 is 6.25. The number of carbonyl (C=O) groups excluding carboxylic acids is 2. The third-order valence-electron chi connectivity index (χ3n) is 4.14. The number of nitrogens with zero attached hydrogens (tertiary/aromatic N) is 4. The quantitative estimate of drug-likeness (QED) is 0.820. The van der Waals surface area contributed by atoms with Gasteiger partial charge >= 0.3 is 0 Å². The molecule has 1 aliphatic heterocycles. The summed E-state index contributed by atoms with van der Waals surface area (Å²) in [7, 11) is 0. The molecule has 8 heteroatoms. The molecule has 2 amide bonds. The molecule has 25 heavy (non-hydrogen) atoms. The van der Waals surface area contributed by atoms with Crippen LogP contribution in [0.4, 0.5) is 0 Å². The van der Waals surface area contributed by atoms with E-state index in [1.165, 1.54) is 29.3 Å². The van der Waals surface area contributed by atoms with Crippen molar-refractivity contribution in [1.82, 2.24) is 19.6 Å². The van der Waals surface area contributed by atoms with E-state index in [0.717, 1.165) is 6.42 Å². The minimum atomic E-state index is -0.222. The van der Waals surface area contributed by atoms with Crippen LogP contribution < -0.4 is 5.56 Å². The largest absolute Gasteiger partial charge is 0.472 e. The summed E-state index contributed by atoms with van der Waals surface area (Å²) in [5, 5.41) is 4.15. The molecule has 0 N–H and O–H groups in total. The van der Waals surface area contributed by atoms with Gasteiger partial charge in [0.25, 0.3) is 17.4 Å². The smallest absolute Gasteiger partial charge is 0.274 e. The van der Waals surface area contributed by atoms with E-state index in [-0.39, 0.29) is 23.1 Å². The second kappa shape index (κ2) is 7.33. The molecule has 132 valence electrons. The number of rotatable bonds is 4. The molecule has 1 fully saturated rings. The first-order chi connectivity index (χ1) is 12.1. The lowest BCUT2D eigenvalue weighted by molar-refractivity contribution is 0.0530. The highest BCUT2D eigenvalue weighted by atomic mass is 16.3. The van der Waals surface area contributed by atoms with Gasteiger partial charge in [0.2, 0.25) is 0 Å². The Labute approximate surface area is 144 Å². The highest BCUT2D eigenvalue weighted by molar-refractivity contribution is 5.94. The maximum atomic E-state index is 12.6. The molecule has 3 heterocycles. The fraction of sp³-hybridized carbons (Fsp3) is 0.412. The van der Waals surface area contributed by atoms with Crippen LogP contribution in [0.3, 0.4) is 0 Å². The minimum Gasteiger partial charge on any atom is -0.472 e. The molecular weight excluding hydrogens is 324 g/mol. The van der Waals surface area contributed by atoms with Gasteiger partial charge in [0, 0.05) is 38.8 Å². The van der Waals surface area contributed by atoms with Gasteiger partial charge in [-0.3, -0.25) is 14.4 Å². The molecule has 1 saturated heterocycles. The Morgan fingerprint density at radius 1 is 1.08 bits per heavy atom. The van der Waals surface area contributed by atoms with Gasteiger partial charge in [0.1, 0.15) is 12.0 Å². The van der Waals surface area contributed by atoms with Crippen molar-refractivity contribution in [3.63, 3.8) is 0 Å². The highest BCUT2D eigenvalue weighted by Gasteiger charge is 2.26. The van der Waals surface area contributed by atoms with Crippen LogP contribution in [0.2, 0.25) is 0 Å². The first kappa shape index (κ1) is 16.9. The molecule has 1 aliphatic rings. The van der Waals surface area contributed by atoms with Crippen molar-refractivity contribution in [2.24, 2.45) is 0 Å². The Bertz CT molecular complexity index is 804. The number of aryl methyl sites for hydroxylation is 1. The van der Waals surface area contributed by atoms with Crippen LogP contribution in [0.15, 0.2) is 39.9 Å². The maximum Gasteiger partial charge on any atom is 0.274 e. The van der Waals surface area contributed by atoms with E-state index >= 15 is 0 Å². The van der Waals surface area contributed by atoms with E-state index in [2.05, 4.69) is 5.10 Å². The van der Waals surface area contributed by atoms with Crippen molar-refractivity contribution in [2.75, 3.05) is 26.2 Å². The maximum absolute atomic E-state index is 12.6. The number of hydrogen-bond donors (Lipinski definition) is 0. The molecular formula is C17H20N4O4. The Hall–Kier alpha value is -2.90. The van der Waals surface area contributed by atoms with Crippen LogP contribution in [-0.4, -0.2) is 57.6 Å². The molecule has 3 rings (SSSR count). The van der Waals surface area contributed by atoms with E-state index in [1.54, 1.807) is 15.9 Å². The van der Waals surface area contributed by atoms with Crippen LogP contribution in [-0.2, 0) is 6.54 Å². The molecule has 2 aromatic heterocycles. The number of amides is 2. The molecule has 2 aromatic rings. The van der Waals surface area contributed by atoms with Gasteiger partial charge in [0.05, 0.1) is 11.8 Å². The predicted molar refractivity (Wildman–Crippen MR) is 89.3 cm³/mol. The van der Waals surface area contributed by atoms with Crippen molar-refractivity contribution in [3.05, 3.63) is 52.3 Å². The summed E-state index contributed by atoms with van der Waals surface area (Å²) in [5.41, 5.74) is 0.546. The van der Waals surface area contributed by atoms with Crippen molar-refractivity contribution >= 4 is 11.8 Å². The van der Waals surface area contributed by atoms with Gasteiger partial charge in [-0.15, -0.1) is 0 Å². The van der Waals surface area contributed by atoms with Gasteiger partial charge in [-0.2, -0.15) is 5.10 Å². The number of piperazine rings is 1. The summed E-state index contributed by atoms with van der Waals surface area (Å²) >= 11 is 0. The normalized spacial score (nSPS) is 14.6. The van der Waals surface area contributed by atoms with Crippen molar-refractivity contribution < 1.29 is 14.0 Å². The third-order valence-corrected chi connectivity index (χ3v) is 4.14. The van der Waals surface area contributed by atoms with Gasteiger partial charge in [-0.25, -0.2) is 4.68 Å². The third kappa shape index (κ3) is 3.62. The fourth-order valence-electron chi connectivity index (χ4n) is 2.78. The first-order valence-corrected chi connectivity index (χ1v) is 8.29. The summed E-state index contributed by atoms with van der Waals surface area (Å²) in [6, 6.07) is 4.45. The van der Waals surface area contributed by atoms with Gasteiger partial charge in [-0.1, -0.05) is 6.92 Å². The van der Waals surface area contributed by atoms with Crippen molar-refractivity contribution in [3.8, 4) is 0 Å². The monoisotopic (exact) mass is 344 g/mol. The van der Waals surface area contributed by atoms with Crippen LogP contribution in [0.25, 0.3) is 0 Å². The van der Waals surface area contributed by atoms with E-state index in [1.807, 2.05) is 6.92 Å². The lowest BCUT2D eigenvalue weighted by atomic mass is 10.2. The molecule has 0 bridgehead atoms. The van der Waals surface area contributed by atoms with Gasteiger partial charge in [0.15, 0.2) is 0 Å². The molecule has 8 nitrogen and oxygen atoms in total. The van der Waals surface area contributed by atoms with Crippen molar-refractivity contribution in [1.29, 1.82) is 0 Å². The number of aromatic nitrogens is 2. The number of hydrogen-bond acceptors (Lipinski definition) is 5. The molecule has 0 spiro atoms. The standard InChI is InChI=1S/C17H20N4O4/c1-2-6-21-15(22)4-3-14(18-21)17(24)20-9-7-19(8-10-20)16(23)13-5-11-25-12-13/h3-5,11-12H,2,6-10H2,1H3. The molecule has 0 aromatic carbocycles. The average Bonchev–Trinajstić information content (AvgIpc) is 3.17. The zero-order valence-electron chi connectivity index (χ0n) is 14.1. The van der Waals surface area contributed by atoms with Crippen molar-refractivity contribution in [2.45, 2.75) is 19.9 Å². The lowest BCUT2D eigenvalue weighted by Gasteiger charge is -2.34. The van der Waals surface area contributed by atoms with E-state index in [9.17, 15) is 14.4 Å². The lowest BCUT2D eigenvalue weighted by Crippen LogP contribution is -2.50. The second-order valence-corrected chi connectivity index (χ2v) is 5.88. The predicted octanol–water partition coefficient (Wildman–Crippen LogP) is 0.845. The minimum absolute atomic E-state index is 0.101. The Kier molecular flexibility index (Phi) is 4.97. The summed E-state index contributed by atoms with van der Waals surface area (Å²) in [4.78, 5) is 39.9. The van der Waals surface area contributed by atoms with Crippen LogP contribution in [0.1, 0.15) is 34.2 Å².